The standard InChI is InChI=1S/C13H25NO2/c1-10(11-7-5-4-6-8-11)9-13(2,3)16-12(14)15/h10-11H,4-9H2,1-3H3,(H2,14,15). The first-order valence-electron chi connectivity index (χ1n) is 6.39. The van der Waals surface area contributed by atoms with Gasteiger partial charge in [-0.05, 0) is 32.1 Å². The molecular weight excluding hydrogens is 202 g/mol. The summed E-state index contributed by atoms with van der Waals surface area (Å²) in [6.07, 6.45) is 6.98. The molecule has 0 aromatic rings. The largest absolute Gasteiger partial charge is 0.444 e. The fourth-order valence-electron chi connectivity index (χ4n) is 2.96. The highest BCUT2D eigenvalue weighted by Crippen LogP contribution is 2.34. The number of carbonyl (C=O) groups excluding carboxylic acids is 1. The SMILES string of the molecule is CC(CC(C)(C)OC(N)=O)C1CCCCC1. The van der Waals surface area contributed by atoms with Crippen LogP contribution in [0.25, 0.3) is 0 Å². The normalized spacial score (nSPS) is 20.4. The van der Waals surface area contributed by atoms with Crippen LogP contribution in [0.2, 0.25) is 0 Å². The molecule has 16 heavy (non-hydrogen) atoms. The van der Waals surface area contributed by atoms with Crippen molar-refractivity contribution >= 4 is 6.09 Å². The van der Waals surface area contributed by atoms with Gasteiger partial charge in [0.05, 0.1) is 0 Å². The second-order valence-electron chi connectivity index (χ2n) is 5.76. The van der Waals surface area contributed by atoms with Crippen molar-refractivity contribution in [1.29, 1.82) is 0 Å². The minimum atomic E-state index is -0.666. The van der Waals surface area contributed by atoms with Crippen molar-refractivity contribution in [3.8, 4) is 0 Å². The summed E-state index contributed by atoms with van der Waals surface area (Å²) in [5, 5.41) is 0. The maximum Gasteiger partial charge on any atom is 0.405 e. The maximum atomic E-state index is 10.8. The van der Waals surface area contributed by atoms with E-state index in [0.29, 0.717) is 5.92 Å². The van der Waals surface area contributed by atoms with Crippen LogP contribution in [0, 0.1) is 11.8 Å². The average molecular weight is 227 g/mol. The number of hydrogen-bond donors (Lipinski definition) is 1. The van der Waals surface area contributed by atoms with Crippen LogP contribution in [0.5, 0.6) is 0 Å². The highest BCUT2D eigenvalue weighted by molar-refractivity contribution is 5.65. The van der Waals surface area contributed by atoms with Gasteiger partial charge in [0.2, 0.25) is 0 Å². The summed E-state index contributed by atoms with van der Waals surface area (Å²) in [5.41, 5.74) is 4.64. The van der Waals surface area contributed by atoms with Crippen LogP contribution in [0.3, 0.4) is 0 Å². The molecule has 2 N–H and O–H groups in total. The van der Waals surface area contributed by atoms with E-state index in [0.717, 1.165) is 12.3 Å². The van der Waals surface area contributed by atoms with Crippen molar-refractivity contribution in [3.63, 3.8) is 0 Å². The zero-order chi connectivity index (χ0) is 12.2. The predicted octanol–water partition coefficient (Wildman–Crippen LogP) is 3.47. The molecule has 0 aromatic carbocycles. The zero-order valence-corrected chi connectivity index (χ0v) is 10.8. The minimum Gasteiger partial charge on any atom is -0.444 e. The molecular formula is C13H25NO2. The van der Waals surface area contributed by atoms with E-state index in [1.54, 1.807) is 0 Å². The first-order valence-corrected chi connectivity index (χ1v) is 6.39. The monoisotopic (exact) mass is 227 g/mol. The highest BCUT2D eigenvalue weighted by atomic mass is 16.6. The smallest absolute Gasteiger partial charge is 0.405 e. The molecule has 0 aromatic heterocycles. The Kier molecular flexibility index (Phi) is 4.63. The Labute approximate surface area is 98.7 Å². The van der Waals surface area contributed by atoms with Crippen LogP contribution in [0.15, 0.2) is 0 Å². The Morgan fingerprint density at radius 1 is 1.38 bits per heavy atom. The fraction of sp³-hybridized carbons (Fsp3) is 0.923. The van der Waals surface area contributed by atoms with Gasteiger partial charge in [0, 0.05) is 0 Å². The lowest BCUT2D eigenvalue weighted by molar-refractivity contribution is 0.0186. The quantitative estimate of drug-likeness (QED) is 0.799. The van der Waals surface area contributed by atoms with Gasteiger partial charge in [0.15, 0.2) is 0 Å². The molecule has 0 saturated heterocycles. The Morgan fingerprint density at radius 2 is 1.94 bits per heavy atom. The number of carbonyl (C=O) groups is 1. The van der Waals surface area contributed by atoms with Gasteiger partial charge in [0.1, 0.15) is 5.60 Å². The summed E-state index contributed by atoms with van der Waals surface area (Å²) < 4.78 is 5.14. The van der Waals surface area contributed by atoms with Crippen LogP contribution in [-0.4, -0.2) is 11.7 Å². The molecule has 1 saturated carbocycles. The van der Waals surface area contributed by atoms with Crippen LogP contribution in [0.4, 0.5) is 4.79 Å². The van der Waals surface area contributed by atoms with Gasteiger partial charge in [-0.15, -0.1) is 0 Å². The van der Waals surface area contributed by atoms with E-state index in [-0.39, 0.29) is 0 Å². The van der Waals surface area contributed by atoms with E-state index < -0.39 is 11.7 Å². The number of ether oxygens (including phenoxy) is 1. The van der Waals surface area contributed by atoms with Gasteiger partial charge < -0.3 is 10.5 Å². The fourth-order valence-corrected chi connectivity index (χ4v) is 2.96. The molecule has 1 amide bonds. The van der Waals surface area contributed by atoms with E-state index in [4.69, 9.17) is 10.5 Å². The molecule has 0 bridgehead atoms. The van der Waals surface area contributed by atoms with Crippen molar-refractivity contribution in [3.05, 3.63) is 0 Å². The Hall–Kier alpha value is -0.730. The second kappa shape index (κ2) is 5.55. The molecule has 0 aliphatic heterocycles. The third-order valence-corrected chi connectivity index (χ3v) is 3.65. The first-order chi connectivity index (χ1) is 7.41. The predicted molar refractivity (Wildman–Crippen MR) is 65.1 cm³/mol. The third-order valence-electron chi connectivity index (χ3n) is 3.65. The molecule has 0 heterocycles. The molecule has 1 unspecified atom stereocenters. The van der Waals surface area contributed by atoms with E-state index in [2.05, 4.69) is 6.92 Å². The molecule has 1 aliphatic carbocycles. The molecule has 1 rings (SSSR count). The van der Waals surface area contributed by atoms with Crippen molar-refractivity contribution in [2.24, 2.45) is 17.6 Å². The van der Waals surface area contributed by atoms with Gasteiger partial charge in [-0.3, -0.25) is 0 Å². The van der Waals surface area contributed by atoms with Crippen molar-refractivity contribution in [2.45, 2.75) is 64.9 Å². The first kappa shape index (κ1) is 13.3. The number of rotatable bonds is 4. The molecule has 3 nitrogen and oxygen atoms in total. The summed E-state index contributed by atoms with van der Waals surface area (Å²) >= 11 is 0. The lowest BCUT2D eigenvalue weighted by Crippen LogP contribution is -2.34. The molecule has 0 radical (unpaired) electrons. The average Bonchev–Trinajstić information content (AvgIpc) is 2.16. The Bertz CT molecular complexity index is 232. The zero-order valence-electron chi connectivity index (χ0n) is 10.8. The van der Waals surface area contributed by atoms with E-state index in [1.165, 1.54) is 32.1 Å². The lowest BCUT2D eigenvalue weighted by Gasteiger charge is -2.33. The molecule has 1 aliphatic rings. The summed E-state index contributed by atoms with van der Waals surface area (Å²) in [5.74, 6) is 1.40. The molecule has 1 atom stereocenters. The van der Waals surface area contributed by atoms with E-state index in [9.17, 15) is 4.79 Å². The highest BCUT2D eigenvalue weighted by Gasteiger charge is 2.29. The maximum absolute atomic E-state index is 10.8. The van der Waals surface area contributed by atoms with Gasteiger partial charge in [0.25, 0.3) is 0 Å². The Morgan fingerprint density at radius 3 is 2.44 bits per heavy atom. The van der Waals surface area contributed by atoms with E-state index in [1.807, 2.05) is 13.8 Å². The lowest BCUT2D eigenvalue weighted by atomic mass is 9.77. The van der Waals surface area contributed by atoms with Gasteiger partial charge >= 0.3 is 6.09 Å². The summed E-state index contributed by atoms with van der Waals surface area (Å²) in [6.45, 7) is 6.15. The van der Waals surface area contributed by atoms with Crippen LogP contribution in [0.1, 0.15) is 59.3 Å². The minimum absolute atomic E-state index is 0.428. The van der Waals surface area contributed by atoms with Crippen molar-refractivity contribution < 1.29 is 9.53 Å². The van der Waals surface area contributed by atoms with Crippen LogP contribution in [-0.2, 0) is 4.74 Å². The molecule has 1 fully saturated rings. The number of primary amides is 1. The van der Waals surface area contributed by atoms with Gasteiger partial charge in [-0.1, -0.05) is 39.0 Å². The molecule has 3 heteroatoms. The van der Waals surface area contributed by atoms with Gasteiger partial charge in [-0.2, -0.15) is 0 Å². The topological polar surface area (TPSA) is 52.3 Å². The van der Waals surface area contributed by atoms with Crippen LogP contribution >= 0.6 is 0 Å². The molecule has 0 spiro atoms. The Balaban J connectivity index is 2.41. The third kappa shape index (κ3) is 4.42. The van der Waals surface area contributed by atoms with Crippen LogP contribution < -0.4 is 5.73 Å². The number of hydrogen-bond acceptors (Lipinski definition) is 2. The van der Waals surface area contributed by atoms with Crippen molar-refractivity contribution in [2.75, 3.05) is 0 Å². The van der Waals surface area contributed by atoms with E-state index >= 15 is 0 Å². The summed E-state index contributed by atoms with van der Waals surface area (Å²) in [6, 6.07) is 0. The summed E-state index contributed by atoms with van der Waals surface area (Å²) in [7, 11) is 0. The summed E-state index contributed by atoms with van der Waals surface area (Å²) in [4.78, 5) is 10.8. The number of amides is 1. The molecule has 94 valence electrons. The van der Waals surface area contributed by atoms with Crippen molar-refractivity contribution in [1.82, 2.24) is 0 Å². The second-order valence-corrected chi connectivity index (χ2v) is 5.76. The van der Waals surface area contributed by atoms with Gasteiger partial charge in [-0.25, -0.2) is 4.79 Å². The number of nitrogens with two attached hydrogens (primary N) is 1.